The van der Waals surface area contributed by atoms with Crippen molar-refractivity contribution >= 4 is 51.9 Å². The van der Waals surface area contributed by atoms with Crippen LogP contribution in [0.5, 0.6) is 0 Å². The molecule has 46 heavy (non-hydrogen) atoms. The molecule has 1 aromatic heterocycles. The molecule has 2 aromatic carbocycles. The number of allylic oxidation sites excluding steroid dienone is 7. The smallest absolute Gasteiger partial charge is 0.210 e. The van der Waals surface area contributed by atoms with Gasteiger partial charge in [0.25, 0.3) is 0 Å². The van der Waals surface area contributed by atoms with Crippen LogP contribution in [0.25, 0.3) is 0 Å². The van der Waals surface area contributed by atoms with Crippen molar-refractivity contribution in [3.63, 3.8) is 0 Å². The van der Waals surface area contributed by atoms with E-state index in [1.807, 2.05) is 12.2 Å². The molecule has 0 atom stereocenters. The van der Waals surface area contributed by atoms with E-state index in [-0.39, 0.29) is 10.8 Å². The first kappa shape index (κ1) is 32.5. The summed E-state index contributed by atoms with van der Waals surface area (Å²) < 4.78 is 4.40. The van der Waals surface area contributed by atoms with E-state index in [0.29, 0.717) is 0 Å². The molecule has 0 fully saturated rings. The van der Waals surface area contributed by atoms with Crippen molar-refractivity contribution in [2.24, 2.45) is 0 Å². The first-order valence-electron chi connectivity index (χ1n) is 15.9. The Bertz CT molecular complexity index is 1830. The quantitative estimate of drug-likeness (QED) is 0.122. The molecular weight excluding hydrogens is 621 g/mol. The van der Waals surface area contributed by atoms with E-state index in [9.17, 15) is 0 Å². The third kappa shape index (κ3) is 5.94. The average Bonchev–Trinajstić information content (AvgIpc) is 3.66. The summed E-state index contributed by atoms with van der Waals surface area (Å²) in [5, 5.41) is 8.98. The van der Waals surface area contributed by atoms with Gasteiger partial charge < -0.3 is 4.90 Å². The Hall–Kier alpha value is -3.39. The summed E-state index contributed by atoms with van der Waals surface area (Å²) in [6.07, 6.45) is 18.7. The Balaban J connectivity index is 1.45. The zero-order valence-electron chi connectivity index (χ0n) is 27.5. The summed E-state index contributed by atoms with van der Waals surface area (Å²) in [7, 11) is 0. The van der Waals surface area contributed by atoms with E-state index >= 15 is 0 Å². The number of para-hydroxylation sites is 2. The second-order valence-electron chi connectivity index (χ2n) is 12.9. The Morgan fingerprint density at radius 1 is 0.891 bits per heavy atom. The number of hydrogen-bond donors (Lipinski definition) is 0. The highest BCUT2D eigenvalue weighted by Gasteiger charge is 2.44. The van der Waals surface area contributed by atoms with Crippen LogP contribution in [-0.4, -0.2) is 39.8 Å². The highest BCUT2D eigenvalue weighted by atomic mass is 32.2. The fourth-order valence-corrected chi connectivity index (χ4v) is 9.73. The van der Waals surface area contributed by atoms with Crippen molar-refractivity contribution < 1.29 is 4.58 Å². The van der Waals surface area contributed by atoms with Crippen LogP contribution in [0, 0.1) is 0 Å². The number of rotatable bonds is 10. The number of fused-ring (bicyclic) bond motifs is 2. The van der Waals surface area contributed by atoms with Crippen molar-refractivity contribution in [2.75, 3.05) is 24.2 Å². The molecule has 0 N–H and O–H groups in total. The van der Waals surface area contributed by atoms with Gasteiger partial charge >= 0.3 is 0 Å². The molecule has 6 rings (SSSR count). The van der Waals surface area contributed by atoms with Gasteiger partial charge in [-0.15, -0.1) is 16.8 Å². The van der Waals surface area contributed by atoms with Gasteiger partial charge in [0.15, 0.2) is 20.9 Å². The molecular formula is C39H43N4S3+. The molecule has 2 aliphatic heterocycles. The summed E-state index contributed by atoms with van der Waals surface area (Å²) in [5.41, 5.74) is 10.4. The molecule has 0 radical (unpaired) electrons. The Labute approximate surface area is 287 Å². The van der Waals surface area contributed by atoms with Crippen LogP contribution in [0.15, 0.2) is 129 Å². The molecule has 0 unspecified atom stereocenters. The van der Waals surface area contributed by atoms with Gasteiger partial charge in [-0.1, -0.05) is 110 Å². The van der Waals surface area contributed by atoms with Gasteiger partial charge in [0.2, 0.25) is 5.69 Å². The lowest BCUT2D eigenvalue weighted by atomic mass is 9.81. The fourth-order valence-electron chi connectivity index (χ4n) is 7.05. The molecule has 3 aliphatic rings. The maximum atomic E-state index is 4.56. The minimum atomic E-state index is -0.105. The number of thioether (sulfide) groups is 2. The van der Waals surface area contributed by atoms with Crippen molar-refractivity contribution in [1.82, 2.24) is 10.2 Å². The lowest BCUT2D eigenvalue weighted by molar-refractivity contribution is -0.425. The van der Waals surface area contributed by atoms with E-state index in [4.69, 9.17) is 0 Å². The second kappa shape index (κ2) is 13.4. The summed E-state index contributed by atoms with van der Waals surface area (Å²) in [5.74, 6) is 0. The van der Waals surface area contributed by atoms with Crippen LogP contribution in [0.3, 0.4) is 0 Å². The van der Waals surface area contributed by atoms with Crippen LogP contribution in [0.1, 0.15) is 58.1 Å². The SMILES string of the molecule is C=CCN1/C(=C/C=C2\CCCC(/C=C/C3=[N+](CC=C)c4ccccc4C3(C)C)=C2Sc2nnc(SC)s2)C(C)(C)c2ccccc21. The number of anilines is 1. The normalized spacial score (nSPS) is 20.2. The highest BCUT2D eigenvalue weighted by molar-refractivity contribution is 8.05. The summed E-state index contributed by atoms with van der Waals surface area (Å²) in [4.78, 5) is 3.72. The molecule has 3 heterocycles. The predicted molar refractivity (Wildman–Crippen MR) is 200 cm³/mol. The minimum Gasteiger partial charge on any atom is -0.340 e. The van der Waals surface area contributed by atoms with Crippen LogP contribution < -0.4 is 4.90 Å². The molecule has 0 spiro atoms. The first-order chi connectivity index (χ1) is 22.2. The Morgan fingerprint density at radius 2 is 1.63 bits per heavy atom. The summed E-state index contributed by atoms with van der Waals surface area (Å²) in [6, 6.07) is 17.5. The number of nitrogens with zero attached hydrogens (tertiary/aromatic N) is 4. The lowest BCUT2D eigenvalue weighted by Gasteiger charge is -2.26. The van der Waals surface area contributed by atoms with E-state index < -0.39 is 0 Å². The van der Waals surface area contributed by atoms with Gasteiger partial charge in [-0.3, -0.25) is 0 Å². The van der Waals surface area contributed by atoms with Gasteiger partial charge in [0.1, 0.15) is 0 Å². The standard InChI is InChI=1S/C39H43N4S3/c1-8-25-42-31-19-12-10-17-29(31)38(3,4)33(42)23-21-27-15-14-16-28(35(27)45-37-41-40-36(44-7)46-37)22-24-34-39(5,6)30-18-11-13-20-32(30)43(34)26-9-2/h8-13,17-24H,1-2,14-16,25-26H2,3-7H3/q+1. The lowest BCUT2D eigenvalue weighted by Crippen LogP contribution is -2.27. The molecule has 0 saturated carbocycles. The van der Waals surface area contributed by atoms with E-state index in [2.05, 4.69) is 140 Å². The van der Waals surface area contributed by atoms with Gasteiger partial charge in [0, 0.05) is 46.0 Å². The van der Waals surface area contributed by atoms with Gasteiger partial charge in [-0.05, 0) is 74.3 Å². The molecule has 0 saturated heterocycles. The summed E-state index contributed by atoms with van der Waals surface area (Å²) in [6.45, 7) is 19.0. The van der Waals surface area contributed by atoms with Crippen molar-refractivity contribution in [2.45, 2.75) is 66.5 Å². The summed E-state index contributed by atoms with van der Waals surface area (Å²) >= 11 is 5.10. The largest absolute Gasteiger partial charge is 0.340 e. The molecule has 236 valence electrons. The molecule has 0 amide bonds. The van der Waals surface area contributed by atoms with E-state index in [0.717, 1.165) is 41.0 Å². The van der Waals surface area contributed by atoms with E-state index in [1.54, 1.807) is 34.9 Å². The average molecular weight is 664 g/mol. The maximum Gasteiger partial charge on any atom is 0.210 e. The van der Waals surface area contributed by atoms with Gasteiger partial charge in [0.05, 0.1) is 5.41 Å². The van der Waals surface area contributed by atoms with Crippen LogP contribution in [0.2, 0.25) is 0 Å². The van der Waals surface area contributed by atoms with Gasteiger partial charge in [-0.25, -0.2) is 0 Å². The second-order valence-corrected chi connectivity index (χ2v) is 16.2. The van der Waals surface area contributed by atoms with Crippen LogP contribution in [-0.2, 0) is 10.8 Å². The monoisotopic (exact) mass is 663 g/mol. The number of hydrogen-bond acceptors (Lipinski definition) is 6. The van der Waals surface area contributed by atoms with Crippen molar-refractivity contribution in [3.8, 4) is 0 Å². The fraction of sp³-hybridized carbons (Fsp3) is 0.308. The predicted octanol–water partition coefficient (Wildman–Crippen LogP) is 10.4. The Kier molecular flexibility index (Phi) is 9.47. The maximum absolute atomic E-state index is 4.56. The number of aromatic nitrogens is 2. The first-order valence-corrected chi connectivity index (χ1v) is 18.8. The molecule has 0 bridgehead atoms. The van der Waals surface area contributed by atoms with Crippen LogP contribution >= 0.6 is 34.9 Å². The zero-order chi connectivity index (χ0) is 32.5. The van der Waals surface area contributed by atoms with E-state index in [1.165, 1.54) is 50.0 Å². The topological polar surface area (TPSA) is 32.0 Å². The number of benzene rings is 2. The highest BCUT2D eigenvalue weighted by Crippen LogP contribution is 2.49. The van der Waals surface area contributed by atoms with Crippen LogP contribution in [0.4, 0.5) is 11.4 Å². The van der Waals surface area contributed by atoms with Crippen molar-refractivity contribution in [1.29, 1.82) is 0 Å². The molecule has 3 aromatic rings. The minimum absolute atomic E-state index is 0.105. The molecule has 1 aliphatic carbocycles. The molecule has 4 nitrogen and oxygen atoms in total. The third-order valence-electron chi connectivity index (χ3n) is 9.33. The van der Waals surface area contributed by atoms with Gasteiger partial charge in [-0.2, -0.15) is 4.58 Å². The zero-order valence-corrected chi connectivity index (χ0v) is 30.0. The Morgan fingerprint density at radius 3 is 2.37 bits per heavy atom. The van der Waals surface area contributed by atoms with Crippen molar-refractivity contribution in [3.05, 3.63) is 131 Å². The third-order valence-corrected chi connectivity index (χ3v) is 12.5. The molecule has 7 heteroatoms.